The van der Waals surface area contributed by atoms with Crippen LogP contribution in [-0.4, -0.2) is 93.0 Å². The number of aliphatic imine (C=N–C) groups is 4. The number of nitrogens with two attached hydrogens (primary N) is 3. The molecule has 0 fully saturated rings. The van der Waals surface area contributed by atoms with Crippen LogP contribution in [0.5, 0.6) is 57.5 Å². The summed E-state index contributed by atoms with van der Waals surface area (Å²) in [5.74, 6) is 2.40. The number of hydrogen-bond acceptors (Lipinski definition) is 19. The summed E-state index contributed by atoms with van der Waals surface area (Å²) in [6.45, 7) is 2.63. The molecule has 10 aromatic rings. The Hall–Kier alpha value is -10.1. The third-order valence-electron chi connectivity index (χ3n) is 17.4. The van der Waals surface area contributed by atoms with Crippen molar-refractivity contribution in [3.8, 4) is 68.6 Å². The van der Waals surface area contributed by atoms with Crippen molar-refractivity contribution in [2.45, 2.75) is 30.0 Å². The number of rotatable bonds is 5. The SMILES string of the molecule is COc1cc(F)c2c(c1)C(N)c1cc(Br)ccc1O2.COc1cc(F)c2c(c1)C1(N=C(N)N3CCCN=C31)c1cc(-c3cccnc3F)ccc1O2.COc1cc(F)c2c(c1)C1(N=C(N)N3CCCN=C31)c1cc(Br)ccc1O2.COc1cc(F)c2oc3ccc(Br)cc3c(=O)c2c1. The summed E-state index contributed by atoms with van der Waals surface area (Å²) < 4.78 is 119. The van der Waals surface area contributed by atoms with Crippen LogP contribution in [0.3, 0.4) is 0 Å². The summed E-state index contributed by atoms with van der Waals surface area (Å²) in [5.41, 5.74) is 21.2. The molecule has 0 radical (unpaired) electrons. The van der Waals surface area contributed by atoms with Gasteiger partial charge in [-0.25, -0.2) is 32.5 Å². The van der Waals surface area contributed by atoms with Crippen LogP contribution in [0, 0.1) is 29.2 Å². The second kappa shape index (κ2) is 25.7. The van der Waals surface area contributed by atoms with E-state index in [-0.39, 0.29) is 45.4 Å². The highest BCUT2D eigenvalue weighted by molar-refractivity contribution is 9.11. The molecule has 3 atom stereocenters. The lowest BCUT2D eigenvalue weighted by Gasteiger charge is -2.37. The van der Waals surface area contributed by atoms with E-state index in [1.165, 1.54) is 65.0 Å². The van der Waals surface area contributed by atoms with Crippen LogP contribution in [0.1, 0.15) is 52.3 Å². The van der Waals surface area contributed by atoms with E-state index in [0.717, 1.165) is 43.9 Å². The van der Waals surface area contributed by atoms with Gasteiger partial charge in [0.05, 0.1) is 45.3 Å². The standard InChI is InChI=1S/C24H19F2N5O2.C19H16BrFN4O2.C14H11BrFNO2.C14H8BrFO3/c1-32-14-11-17-20(18(25)12-14)33-19-6-5-13(15-4-2-7-28-21(15)26)10-16(19)24(17)22-29-8-3-9-31(22)23(27)30-24;1-26-11-8-13-16(14(21)9-11)27-15-4-3-10(20)7-12(15)19(13)17-23-5-2-6-25(17)18(22)24-19;2*1-18-8-5-10-13(17)9-4-7(15)2-3-12(9)19-14(10)11(16)6-8/h2,4-7,10-12H,3,8-9H2,1H3,(H2,27,30);3-4,7-9H,2,5-6H2,1H3,(H2,22,24);2-6,13H,17H2,1H3;2-6H,1H3. The fourth-order valence-electron chi connectivity index (χ4n) is 12.9. The summed E-state index contributed by atoms with van der Waals surface area (Å²) in [6.07, 6.45) is 3.10. The van der Waals surface area contributed by atoms with Gasteiger partial charge in [0.15, 0.2) is 69.1 Å². The number of guanidine groups is 2. The molecule has 3 unspecified atom stereocenters. The molecule has 9 heterocycles. The molecule has 2 spiro atoms. The third kappa shape index (κ3) is 11.0. The number of halogens is 8. The quantitative estimate of drug-likeness (QED) is 0.0824. The van der Waals surface area contributed by atoms with Gasteiger partial charge >= 0.3 is 0 Å². The van der Waals surface area contributed by atoms with Crippen LogP contribution in [-0.2, 0) is 11.1 Å². The topological polar surface area (TPSA) is 242 Å². The van der Waals surface area contributed by atoms with Crippen molar-refractivity contribution in [2.75, 3.05) is 54.6 Å². The largest absolute Gasteiger partial charge is 0.497 e. The molecule has 7 aliphatic heterocycles. The number of methoxy groups -OCH3 is 4. The van der Waals surface area contributed by atoms with Crippen molar-refractivity contribution in [3.05, 3.63) is 226 Å². The molecule has 498 valence electrons. The number of pyridine rings is 1. The van der Waals surface area contributed by atoms with Gasteiger partial charge < -0.3 is 54.8 Å². The molecular weight excluding hydrogens is 1470 g/mol. The Morgan fingerprint density at radius 3 is 1.62 bits per heavy atom. The number of fused-ring (bicyclic) bond motifs is 16. The Morgan fingerprint density at radius 1 is 0.531 bits per heavy atom. The Balaban J connectivity index is 0.000000115. The number of aromatic nitrogens is 1. The molecule has 19 nitrogen and oxygen atoms in total. The lowest BCUT2D eigenvalue weighted by atomic mass is 9.78. The zero-order valence-corrected chi connectivity index (χ0v) is 56.9. The van der Waals surface area contributed by atoms with Gasteiger partial charge in [0.25, 0.3) is 0 Å². The van der Waals surface area contributed by atoms with Gasteiger partial charge in [0.2, 0.25) is 11.4 Å². The molecule has 0 saturated carbocycles. The van der Waals surface area contributed by atoms with Crippen LogP contribution >= 0.6 is 47.8 Å². The minimum Gasteiger partial charge on any atom is -0.497 e. The van der Waals surface area contributed by atoms with E-state index < -0.39 is 46.3 Å². The molecular formula is C71H54Br3F5N10O9. The summed E-state index contributed by atoms with van der Waals surface area (Å²) in [7, 11) is 5.87. The van der Waals surface area contributed by atoms with Gasteiger partial charge in [-0.1, -0.05) is 53.9 Å². The molecule has 98 heavy (non-hydrogen) atoms. The lowest BCUT2D eigenvalue weighted by Crippen LogP contribution is -2.47. The maximum absolute atomic E-state index is 15.2. The highest BCUT2D eigenvalue weighted by atomic mass is 79.9. The number of ether oxygens (including phenoxy) is 7. The fourth-order valence-corrected chi connectivity index (χ4v) is 14.0. The maximum Gasteiger partial charge on any atom is 0.220 e. The molecule has 27 heteroatoms. The first-order valence-corrected chi connectivity index (χ1v) is 32.7. The van der Waals surface area contributed by atoms with Gasteiger partial charge in [0.1, 0.15) is 57.5 Å². The second-order valence-electron chi connectivity index (χ2n) is 23.0. The smallest absolute Gasteiger partial charge is 0.220 e. The van der Waals surface area contributed by atoms with Gasteiger partial charge in [0, 0.05) is 109 Å². The highest BCUT2D eigenvalue weighted by Gasteiger charge is 2.56. The van der Waals surface area contributed by atoms with Crippen molar-refractivity contribution in [1.29, 1.82) is 0 Å². The first-order valence-electron chi connectivity index (χ1n) is 30.3. The molecule has 0 saturated heterocycles. The van der Waals surface area contributed by atoms with Gasteiger partial charge in [-0.05, 0) is 122 Å². The molecule has 0 amide bonds. The zero-order valence-electron chi connectivity index (χ0n) is 52.2. The van der Waals surface area contributed by atoms with E-state index in [1.807, 2.05) is 34.1 Å². The zero-order chi connectivity index (χ0) is 68.6. The van der Waals surface area contributed by atoms with E-state index >= 15 is 4.39 Å². The van der Waals surface area contributed by atoms with Crippen LogP contribution in [0.15, 0.2) is 182 Å². The predicted octanol–water partition coefficient (Wildman–Crippen LogP) is 14.8. The monoisotopic (exact) mass is 1520 g/mol. The molecule has 7 aliphatic rings. The molecule has 6 N–H and O–H groups in total. The minimum absolute atomic E-state index is 0.0373. The number of nitrogens with zero attached hydrogens (tertiary/aromatic N) is 7. The van der Waals surface area contributed by atoms with Gasteiger partial charge in [-0.2, -0.15) is 4.39 Å². The molecule has 17 rings (SSSR count). The first kappa shape index (κ1) is 65.2. The second-order valence-corrected chi connectivity index (χ2v) is 25.7. The fraction of sp³-hybridized carbons (Fsp3) is 0.183. The van der Waals surface area contributed by atoms with Gasteiger partial charge in [-0.15, -0.1) is 0 Å². The van der Waals surface area contributed by atoms with Crippen molar-refractivity contribution < 1.29 is 59.5 Å². The molecule has 8 aromatic carbocycles. The summed E-state index contributed by atoms with van der Waals surface area (Å²) in [4.78, 5) is 39.1. The van der Waals surface area contributed by atoms with E-state index in [1.54, 1.807) is 78.9 Å². The van der Waals surface area contributed by atoms with Crippen molar-refractivity contribution in [3.63, 3.8) is 0 Å². The van der Waals surface area contributed by atoms with E-state index in [9.17, 15) is 22.4 Å². The highest BCUT2D eigenvalue weighted by Crippen LogP contribution is 2.57. The van der Waals surface area contributed by atoms with Gasteiger partial charge in [-0.3, -0.25) is 24.6 Å². The Morgan fingerprint density at radius 2 is 1.03 bits per heavy atom. The van der Waals surface area contributed by atoms with Crippen LogP contribution < -0.4 is 55.8 Å². The molecule has 0 aliphatic carbocycles. The van der Waals surface area contributed by atoms with Crippen LogP contribution in [0.2, 0.25) is 0 Å². The summed E-state index contributed by atoms with van der Waals surface area (Å²) in [6, 6.07) is 35.8. The van der Waals surface area contributed by atoms with E-state index in [2.05, 4.69) is 52.8 Å². The Labute approximate surface area is 580 Å². The Bertz CT molecular complexity index is 5180. The number of hydrogen-bond donors (Lipinski definition) is 3. The van der Waals surface area contributed by atoms with Crippen LogP contribution in [0.4, 0.5) is 22.0 Å². The average molecular weight is 1530 g/mol. The first-order chi connectivity index (χ1) is 47.3. The number of amidine groups is 2. The van der Waals surface area contributed by atoms with E-state index in [0.29, 0.717) is 116 Å². The lowest BCUT2D eigenvalue weighted by molar-refractivity contribution is 0.381. The summed E-state index contributed by atoms with van der Waals surface area (Å²) >= 11 is 10.2. The molecule has 0 bridgehead atoms. The number of benzene rings is 8. The van der Waals surface area contributed by atoms with Crippen molar-refractivity contribution >= 4 is 93.3 Å². The van der Waals surface area contributed by atoms with E-state index in [4.69, 9.17) is 74.7 Å². The normalized spacial score (nSPS) is 18.4. The van der Waals surface area contributed by atoms with Crippen molar-refractivity contribution in [1.82, 2.24) is 14.8 Å². The Kier molecular flexibility index (Phi) is 17.1. The average Bonchev–Trinajstić information content (AvgIpc) is 1.45. The predicted molar refractivity (Wildman–Crippen MR) is 369 cm³/mol. The maximum atomic E-state index is 15.2. The summed E-state index contributed by atoms with van der Waals surface area (Å²) in [5, 5.41) is 0.567. The minimum atomic E-state index is -1.25. The van der Waals surface area contributed by atoms with Crippen LogP contribution in [0.25, 0.3) is 33.1 Å². The molecule has 2 aromatic heterocycles. The third-order valence-corrected chi connectivity index (χ3v) is 18.9. The van der Waals surface area contributed by atoms with Crippen molar-refractivity contribution in [2.24, 2.45) is 37.2 Å².